The molecular formula is C12H9BrO4. The van der Waals surface area contributed by atoms with Gasteiger partial charge in [0.25, 0.3) is 0 Å². The van der Waals surface area contributed by atoms with Crippen molar-refractivity contribution in [3.63, 3.8) is 0 Å². The Bertz CT molecular complexity index is 657. The van der Waals surface area contributed by atoms with Crippen LogP contribution in [-0.2, 0) is 4.79 Å². The highest BCUT2D eigenvalue weighted by atomic mass is 79.9. The zero-order valence-corrected chi connectivity index (χ0v) is 10.8. The van der Waals surface area contributed by atoms with Crippen LogP contribution < -0.4 is 10.4 Å². The average molecular weight is 297 g/mol. The maximum atomic E-state index is 11.5. The third-order valence-electron chi connectivity index (χ3n) is 2.21. The zero-order valence-electron chi connectivity index (χ0n) is 9.24. The Balaban J connectivity index is 2.84. The van der Waals surface area contributed by atoms with Crippen LogP contribution in [0.2, 0.25) is 0 Å². The van der Waals surface area contributed by atoms with Crippen molar-refractivity contribution in [2.24, 2.45) is 0 Å². The van der Waals surface area contributed by atoms with E-state index >= 15 is 0 Å². The molecule has 1 aromatic heterocycles. The molecule has 17 heavy (non-hydrogen) atoms. The van der Waals surface area contributed by atoms with Crippen molar-refractivity contribution in [3.05, 3.63) is 38.7 Å². The van der Waals surface area contributed by atoms with Crippen molar-refractivity contribution < 1.29 is 13.9 Å². The van der Waals surface area contributed by atoms with E-state index in [2.05, 4.69) is 15.9 Å². The highest BCUT2D eigenvalue weighted by Crippen LogP contribution is 2.31. The van der Waals surface area contributed by atoms with Gasteiger partial charge in [-0.2, -0.15) is 0 Å². The van der Waals surface area contributed by atoms with Crippen molar-refractivity contribution >= 4 is 32.9 Å². The summed E-state index contributed by atoms with van der Waals surface area (Å²) in [5, 5.41) is 0.590. The number of aryl methyl sites for hydroxylation is 1. The van der Waals surface area contributed by atoms with Crippen LogP contribution in [0.5, 0.6) is 5.75 Å². The van der Waals surface area contributed by atoms with E-state index in [0.29, 0.717) is 11.0 Å². The van der Waals surface area contributed by atoms with Gasteiger partial charge in [-0.15, -0.1) is 0 Å². The number of carbonyl (C=O) groups is 1. The van der Waals surface area contributed by atoms with Crippen LogP contribution in [0, 0.1) is 6.92 Å². The monoisotopic (exact) mass is 296 g/mol. The molecule has 0 fully saturated rings. The molecule has 0 spiro atoms. The summed E-state index contributed by atoms with van der Waals surface area (Å²) in [6.45, 7) is 3.18. The number of hydrogen-bond acceptors (Lipinski definition) is 4. The molecule has 4 nitrogen and oxygen atoms in total. The molecule has 0 bridgehead atoms. The third-order valence-corrected chi connectivity index (χ3v) is 2.89. The first-order valence-electron chi connectivity index (χ1n) is 4.90. The molecule has 0 aliphatic heterocycles. The second-order valence-electron chi connectivity index (χ2n) is 3.63. The summed E-state index contributed by atoms with van der Waals surface area (Å²) in [4.78, 5) is 22.5. The molecule has 1 aromatic carbocycles. The smallest absolute Gasteiger partial charge is 0.354 e. The number of benzene rings is 1. The molecule has 1 heterocycles. The normalized spacial score (nSPS) is 10.5. The Hall–Kier alpha value is -1.62. The molecule has 5 heteroatoms. The molecule has 2 aromatic rings. The molecule has 0 aliphatic rings. The molecule has 0 saturated heterocycles. The first-order valence-corrected chi connectivity index (χ1v) is 5.69. The van der Waals surface area contributed by atoms with Gasteiger partial charge >= 0.3 is 11.6 Å². The minimum atomic E-state index is -0.572. The number of carbonyl (C=O) groups excluding carboxylic acids is 1. The summed E-state index contributed by atoms with van der Waals surface area (Å²) in [5.41, 5.74) is 0.796. The van der Waals surface area contributed by atoms with Gasteiger partial charge in [-0.25, -0.2) is 4.79 Å². The number of rotatable bonds is 1. The lowest BCUT2D eigenvalue weighted by Gasteiger charge is -2.07. The van der Waals surface area contributed by atoms with Crippen molar-refractivity contribution in [2.75, 3.05) is 0 Å². The van der Waals surface area contributed by atoms with Crippen molar-refractivity contribution in [1.29, 1.82) is 0 Å². The minimum Gasteiger partial charge on any atom is -0.424 e. The van der Waals surface area contributed by atoms with Crippen LogP contribution in [0.1, 0.15) is 12.5 Å². The number of halogens is 1. The van der Waals surface area contributed by atoms with Crippen LogP contribution in [0.4, 0.5) is 0 Å². The van der Waals surface area contributed by atoms with Crippen LogP contribution in [0.15, 0.2) is 31.9 Å². The quantitative estimate of drug-likeness (QED) is 0.600. The van der Waals surface area contributed by atoms with E-state index in [-0.39, 0.29) is 10.2 Å². The molecule has 88 valence electrons. The molecule has 0 radical (unpaired) electrons. The Labute approximate surface area is 105 Å². The highest BCUT2D eigenvalue weighted by Gasteiger charge is 2.15. The second-order valence-corrected chi connectivity index (χ2v) is 4.42. The Morgan fingerprint density at radius 1 is 1.41 bits per heavy atom. The van der Waals surface area contributed by atoms with Gasteiger partial charge in [0.1, 0.15) is 10.1 Å². The molecule has 0 amide bonds. The second kappa shape index (κ2) is 4.33. The number of hydrogen-bond donors (Lipinski definition) is 0. The van der Waals surface area contributed by atoms with Crippen molar-refractivity contribution in [1.82, 2.24) is 0 Å². The van der Waals surface area contributed by atoms with Gasteiger partial charge in [0.2, 0.25) is 0 Å². The first kappa shape index (κ1) is 11.9. The molecular weight excluding hydrogens is 288 g/mol. The summed E-state index contributed by atoms with van der Waals surface area (Å²) < 4.78 is 10.2. The maximum absolute atomic E-state index is 11.5. The predicted octanol–water partition coefficient (Wildman–Crippen LogP) is 2.79. The van der Waals surface area contributed by atoms with Gasteiger partial charge in [-0.05, 0) is 35.0 Å². The van der Waals surface area contributed by atoms with E-state index in [9.17, 15) is 9.59 Å². The van der Waals surface area contributed by atoms with Gasteiger partial charge in [0.05, 0.1) is 5.39 Å². The summed E-state index contributed by atoms with van der Waals surface area (Å²) in [6.07, 6.45) is 0. The van der Waals surface area contributed by atoms with Gasteiger partial charge in [-0.1, -0.05) is 11.6 Å². The van der Waals surface area contributed by atoms with Crippen molar-refractivity contribution in [2.45, 2.75) is 13.8 Å². The standard InChI is InChI=1S/C12H9BrO4/c1-6-3-4-9-8(5-6)11(16-7(2)14)10(13)12(15)17-9/h3-5H,1-2H3. The molecule has 0 N–H and O–H groups in total. The van der Waals surface area contributed by atoms with E-state index in [1.54, 1.807) is 12.1 Å². The molecule has 0 saturated carbocycles. The molecule has 2 rings (SSSR count). The van der Waals surface area contributed by atoms with Gasteiger partial charge in [-0.3, -0.25) is 4.79 Å². The van der Waals surface area contributed by atoms with Crippen molar-refractivity contribution in [3.8, 4) is 5.75 Å². The van der Waals surface area contributed by atoms with E-state index in [4.69, 9.17) is 9.15 Å². The fourth-order valence-corrected chi connectivity index (χ4v) is 1.88. The average Bonchev–Trinajstić information content (AvgIpc) is 2.25. The summed E-state index contributed by atoms with van der Waals surface area (Å²) in [5.74, 6) is -0.286. The lowest BCUT2D eigenvalue weighted by molar-refractivity contribution is -0.131. The fraction of sp³-hybridized carbons (Fsp3) is 0.167. The third kappa shape index (κ3) is 2.24. The number of ether oxygens (including phenoxy) is 1. The van der Waals surface area contributed by atoms with Crippen LogP contribution in [0.25, 0.3) is 11.0 Å². The Kier molecular flexibility index (Phi) is 3.02. The molecule has 0 unspecified atom stereocenters. The molecule has 0 aliphatic carbocycles. The number of fused-ring (bicyclic) bond motifs is 1. The van der Waals surface area contributed by atoms with E-state index < -0.39 is 11.6 Å². The predicted molar refractivity (Wildman–Crippen MR) is 66.2 cm³/mol. The number of esters is 1. The first-order chi connectivity index (χ1) is 7.99. The highest BCUT2D eigenvalue weighted by molar-refractivity contribution is 9.10. The van der Waals surface area contributed by atoms with Crippen LogP contribution in [-0.4, -0.2) is 5.97 Å². The van der Waals surface area contributed by atoms with Gasteiger partial charge in [0, 0.05) is 6.92 Å². The summed E-state index contributed by atoms with van der Waals surface area (Å²) in [7, 11) is 0. The van der Waals surface area contributed by atoms with E-state index in [0.717, 1.165) is 5.56 Å². The maximum Gasteiger partial charge on any atom is 0.354 e. The van der Waals surface area contributed by atoms with Gasteiger partial charge in [0.15, 0.2) is 5.75 Å². The van der Waals surface area contributed by atoms with E-state index in [1.165, 1.54) is 6.92 Å². The van der Waals surface area contributed by atoms with Gasteiger partial charge < -0.3 is 9.15 Å². The van der Waals surface area contributed by atoms with E-state index in [1.807, 2.05) is 13.0 Å². The topological polar surface area (TPSA) is 56.5 Å². The lowest BCUT2D eigenvalue weighted by atomic mass is 10.1. The fourth-order valence-electron chi connectivity index (χ4n) is 1.51. The Morgan fingerprint density at radius 3 is 2.76 bits per heavy atom. The van der Waals surface area contributed by atoms with Crippen LogP contribution >= 0.6 is 15.9 Å². The summed E-state index contributed by atoms with van der Waals surface area (Å²) >= 11 is 3.07. The zero-order chi connectivity index (χ0) is 12.6. The SMILES string of the molecule is CC(=O)Oc1c(Br)c(=O)oc2ccc(C)cc12. The Morgan fingerprint density at radius 2 is 2.12 bits per heavy atom. The molecule has 0 atom stereocenters. The van der Waals surface area contributed by atoms with Crippen LogP contribution in [0.3, 0.4) is 0 Å². The minimum absolute atomic E-state index is 0.116. The lowest BCUT2D eigenvalue weighted by Crippen LogP contribution is -2.08. The summed E-state index contributed by atoms with van der Waals surface area (Å²) in [6, 6.07) is 5.28. The largest absolute Gasteiger partial charge is 0.424 e.